The molecule has 0 aliphatic carbocycles. The topological polar surface area (TPSA) is 58.4 Å². The Morgan fingerprint density at radius 2 is 2.08 bits per heavy atom. The van der Waals surface area contributed by atoms with E-state index in [-0.39, 0.29) is 5.91 Å². The van der Waals surface area contributed by atoms with Gasteiger partial charge in [0.25, 0.3) is 0 Å². The van der Waals surface area contributed by atoms with Crippen LogP contribution in [0.3, 0.4) is 0 Å². The van der Waals surface area contributed by atoms with Crippen LogP contribution < -0.4 is 0 Å². The number of phenolic OH excluding ortho intramolecular Hbond substituents is 1. The average Bonchev–Trinajstić information content (AvgIpc) is 3.06. The number of hydrogen-bond donors (Lipinski definition) is 1. The van der Waals surface area contributed by atoms with E-state index in [0.29, 0.717) is 18.2 Å². The second kappa shape index (κ2) is 8.88. The maximum absolute atomic E-state index is 12.7. The number of aryl methyl sites for hydroxylation is 3. The van der Waals surface area contributed by atoms with Crippen molar-refractivity contribution in [3.63, 3.8) is 0 Å². The lowest BCUT2D eigenvalue weighted by Gasteiger charge is -2.36. The number of carbonyl (C=O) groups excluding carboxylic acids is 1. The van der Waals surface area contributed by atoms with Gasteiger partial charge in [-0.2, -0.15) is 0 Å². The zero-order chi connectivity index (χ0) is 18.4. The normalized spacial score (nSPS) is 17.4. The minimum absolute atomic E-state index is 0.290. The number of piperidine rings is 1. The van der Waals surface area contributed by atoms with Gasteiger partial charge in [0.1, 0.15) is 11.6 Å². The second-order valence-corrected chi connectivity index (χ2v) is 7.21. The lowest BCUT2D eigenvalue weighted by Crippen LogP contribution is -2.44. The Kier molecular flexibility index (Phi) is 6.31. The monoisotopic (exact) mass is 355 g/mol. The first kappa shape index (κ1) is 18.5. The van der Waals surface area contributed by atoms with Crippen LogP contribution >= 0.6 is 0 Å². The van der Waals surface area contributed by atoms with Crippen LogP contribution in [0.2, 0.25) is 0 Å². The predicted octanol–water partition coefficient (Wildman–Crippen LogP) is 3.69. The lowest BCUT2D eigenvalue weighted by molar-refractivity contribution is -0.135. The molecule has 2 heterocycles. The third-order valence-corrected chi connectivity index (χ3v) is 5.36. The van der Waals surface area contributed by atoms with Gasteiger partial charge in [0.15, 0.2) is 0 Å². The molecule has 1 aromatic heterocycles. The number of nitrogens with zero attached hydrogens (tertiary/aromatic N) is 3. The molecule has 1 amide bonds. The van der Waals surface area contributed by atoms with Crippen molar-refractivity contribution in [2.24, 2.45) is 0 Å². The number of hydrogen-bond acceptors (Lipinski definition) is 3. The number of imidazole rings is 1. The summed E-state index contributed by atoms with van der Waals surface area (Å²) in [6.45, 7) is 3.73. The second-order valence-electron chi connectivity index (χ2n) is 7.21. The maximum atomic E-state index is 12.7. The van der Waals surface area contributed by atoms with Gasteiger partial charge < -0.3 is 14.6 Å². The van der Waals surface area contributed by atoms with Gasteiger partial charge >= 0.3 is 0 Å². The first-order chi connectivity index (χ1) is 12.6. The minimum Gasteiger partial charge on any atom is -0.508 e. The van der Waals surface area contributed by atoms with Gasteiger partial charge in [-0.25, -0.2) is 4.98 Å². The Hall–Kier alpha value is -2.30. The molecular weight excluding hydrogens is 326 g/mol. The summed E-state index contributed by atoms with van der Waals surface area (Å²) in [6, 6.07) is 7.75. The van der Waals surface area contributed by atoms with Crippen LogP contribution in [0.1, 0.15) is 49.9 Å². The molecule has 1 N–H and O–H groups in total. The van der Waals surface area contributed by atoms with E-state index in [0.717, 1.165) is 51.0 Å². The number of rotatable bonds is 7. The highest BCUT2D eigenvalue weighted by Crippen LogP contribution is 2.23. The molecule has 5 heteroatoms. The van der Waals surface area contributed by atoms with E-state index in [1.54, 1.807) is 18.3 Å². The zero-order valence-electron chi connectivity index (χ0n) is 15.6. The zero-order valence-corrected chi connectivity index (χ0v) is 15.6. The van der Waals surface area contributed by atoms with E-state index < -0.39 is 0 Å². The van der Waals surface area contributed by atoms with Crippen molar-refractivity contribution in [3.05, 3.63) is 48.0 Å². The molecule has 0 radical (unpaired) electrons. The Bertz CT molecular complexity index is 708. The number of aromatic hydroxyl groups is 1. The molecule has 0 saturated carbocycles. The largest absolute Gasteiger partial charge is 0.508 e. The van der Waals surface area contributed by atoms with Gasteiger partial charge in [0.05, 0.1) is 0 Å². The summed E-state index contributed by atoms with van der Waals surface area (Å²) in [5, 5.41) is 9.40. The Morgan fingerprint density at radius 1 is 1.27 bits per heavy atom. The van der Waals surface area contributed by atoms with Gasteiger partial charge in [-0.15, -0.1) is 0 Å². The van der Waals surface area contributed by atoms with Crippen LogP contribution in [-0.2, 0) is 17.8 Å². The molecular formula is C21H29N3O2. The van der Waals surface area contributed by atoms with Crippen molar-refractivity contribution in [2.45, 2.75) is 64.5 Å². The van der Waals surface area contributed by atoms with Gasteiger partial charge in [-0.3, -0.25) is 4.79 Å². The summed E-state index contributed by atoms with van der Waals surface area (Å²) >= 11 is 0. The SMILES string of the molecule is Cc1nccn1CCCC(=O)N1CCCC[C@@H]1CCc1ccc(O)cc1. The van der Waals surface area contributed by atoms with Crippen molar-refractivity contribution >= 4 is 5.91 Å². The molecule has 2 aromatic rings. The molecule has 0 unspecified atom stereocenters. The number of amides is 1. The molecule has 140 valence electrons. The van der Waals surface area contributed by atoms with Crippen LogP contribution in [0, 0.1) is 6.92 Å². The summed E-state index contributed by atoms with van der Waals surface area (Å²) < 4.78 is 2.10. The van der Waals surface area contributed by atoms with Crippen LogP contribution in [-0.4, -0.2) is 38.1 Å². The van der Waals surface area contributed by atoms with E-state index in [1.165, 1.54) is 12.0 Å². The fourth-order valence-corrected chi connectivity index (χ4v) is 3.81. The molecule has 1 saturated heterocycles. The van der Waals surface area contributed by atoms with Crippen molar-refractivity contribution in [3.8, 4) is 5.75 Å². The molecule has 1 fully saturated rings. The van der Waals surface area contributed by atoms with Gasteiger partial charge in [0, 0.05) is 37.9 Å². The van der Waals surface area contributed by atoms with E-state index in [4.69, 9.17) is 0 Å². The quantitative estimate of drug-likeness (QED) is 0.824. The molecule has 0 bridgehead atoms. The fraction of sp³-hybridized carbons (Fsp3) is 0.524. The highest BCUT2D eigenvalue weighted by atomic mass is 16.3. The first-order valence-corrected chi connectivity index (χ1v) is 9.68. The van der Waals surface area contributed by atoms with E-state index in [2.05, 4.69) is 14.5 Å². The highest BCUT2D eigenvalue weighted by molar-refractivity contribution is 5.76. The summed E-state index contributed by atoms with van der Waals surface area (Å²) in [7, 11) is 0. The number of likely N-dealkylation sites (tertiary alicyclic amines) is 1. The van der Waals surface area contributed by atoms with Crippen LogP contribution in [0.25, 0.3) is 0 Å². The standard InChI is InChI=1S/C21H29N3O2/c1-17-22-13-16-23(17)14-4-6-21(26)24-15-3-2-5-19(24)10-7-18-8-11-20(25)12-9-18/h8-9,11-13,16,19,25H,2-7,10,14-15H2,1H3/t19-/m1/s1. The van der Waals surface area contributed by atoms with E-state index in [1.807, 2.05) is 25.3 Å². The van der Waals surface area contributed by atoms with Gasteiger partial charge in [-0.05, 0) is 63.1 Å². The third-order valence-electron chi connectivity index (χ3n) is 5.36. The van der Waals surface area contributed by atoms with Crippen molar-refractivity contribution in [1.82, 2.24) is 14.5 Å². The highest BCUT2D eigenvalue weighted by Gasteiger charge is 2.25. The molecule has 1 aliphatic rings. The predicted molar refractivity (Wildman–Crippen MR) is 102 cm³/mol. The molecule has 3 rings (SSSR count). The molecule has 5 nitrogen and oxygen atoms in total. The van der Waals surface area contributed by atoms with Gasteiger partial charge in [0.2, 0.25) is 5.91 Å². The summed E-state index contributed by atoms with van der Waals surface area (Å²) in [5.74, 6) is 1.59. The van der Waals surface area contributed by atoms with Crippen molar-refractivity contribution in [2.75, 3.05) is 6.54 Å². The molecule has 26 heavy (non-hydrogen) atoms. The summed E-state index contributed by atoms with van der Waals surface area (Å²) in [5.41, 5.74) is 1.22. The Morgan fingerprint density at radius 3 is 2.81 bits per heavy atom. The average molecular weight is 355 g/mol. The third kappa shape index (κ3) is 4.87. The summed E-state index contributed by atoms with van der Waals surface area (Å²) in [4.78, 5) is 19.1. The van der Waals surface area contributed by atoms with E-state index in [9.17, 15) is 9.90 Å². The van der Waals surface area contributed by atoms with Crippen molar-refractivity contribution < 1.29 is 9.90 Å². The number of phenols is 1. The van der Waals surface area contributed by atoms with Crippen LogP contribution in [0.5, 0.6) is 5.75 Å². The fourth-order valence-electron chi connectivity index (χ4n) is 3.81. The van der Waals surface area contributed by atoms with Gasteiger partial charge in [-0.1, -0.05) is 12.1 Å². The van der Waals surface area contributed by atoms with Crippen LogP contribution in [0.15, 0.2) is 36.7 Å². The first-order valence-electron chi connectivity index (χ1n) is 9.68. The Balaban J connectivity index is 1.49. The number of benzene rings is 1. The lowest BCUT2D eigenvalue weighted by atomic mass is 9.95. The Labute approximate surface area is 155 Å². The van der Waals surface area contributed by atoms with Crippen molar-refractivity contribution in [1.29, 1.82) is 0 Å². The number of aromatic nitrogens is 2. The van der Waals surface area contributed by atoms with E-state index >= 15 is 0 Å². The smallest absolute Gasteiger partial charge is 0.222 e. The minimum atomic E-state index is 0.290. The molecule has 1 aromatic carbocycles. The summed E-state index contributed by atoms with van der Waals surface area (Å²) in [6.07, 6.45) is 10.6. The molecule has 1 aliphatic heterocycles. The number of carbonyl (C=O) groups is 1. The van der Waals surface area contributed by atoms with Crippen LogP contribution in [0.4, 0.5) is 0 Å². The molecule has 1 atom stereocenters. The molecule has 0 spiro atoms. The maximum Gasteiger partial charge on any atom is 0.222 e.